The number of benzene rings is 1. The second-order valence-corrected chi connectivity index (χ2v) is 4.55. The Labute approximate surface area is 109 Å². The molecule has 0 aromatic heterocycles. The van der Waals surface area contributed by atoms with Crippen molar-refractivity contribution in [3.8, 4) is 5.75 Å². The van der Waals surface area contributed by atoms with Crippen LogP contribution in [0.5, 0.6) is 5.75 Å². The molecule has 0 aliphatic rings. The highest BCUT2D eigenvalue weighted by Gasteiger charge is 2.12. The molecule has 0 saturated carbocycles. The molecule has 0 saturated heterocycles. The van der Waals surface area contributed by atoms with Gasteiger partial charge in [0.25, 0.3) is 5.91 Å². The summed E-state index contributed by atoms with van der Waals surface area (Å²) >= 11 is 0. The lowest BCUT2D eigenvalue weighted by Crippen LogP contribution is -2.33. The van der Waals surface area contributed by atoms with Crippen LogP contribution in [-0.4, -0.2) is 25.1 Å². The Morgan fingerprint density at radius 3 is 2.33 bits per heavy atom. The van der Waals surface area contributed by atoms with E-state index >= 15 is 0 Å². The Morgan fingerprint density at radius 2 is 1.83 bits per heavy atom. The van der Waals surface area contributed by atoms with E-state index in [0.717, 1.165) is 6.54 Å². The molecule has 0 aliphatic heterocycles. The number of hydrogen-bond donors (Lipinski definition) is 2. The van der Waals surface area contributed by atoms with Crippen LogP contribution in [0.1, 0.15) is 26.3 Å². The highest BCUT2D eigenvalue weighted by atomic mass is 16.5. The molecule has 0 aliphatic carbocycles. The summed E-state index contributed by atoms with van der Waals surface area (Å²) in [6, 6.07) is 8.24. The molecule has 2 N–H and O–H groups in total. The number of likely N-dealkylation sites (N-methyl/N-ethyl adjacent to an activating group) is 1. The summed E-state index contributed by atoms with van der Waals surface area (Å²) < 4.78 is 5.52. The molecule has 100 valence electrons. The highest BCUT2D eigenvalue weighted by Crippen LogP contribution is 2.14. The van der Waals surface area contributed by atoms with Gasteiger partial charge >= 0.3 is 0 Å². The Kier molecular flexibility index (Phi) is 5.65. The van der Waals surface area contributed by atoms with Gasteiger partial charge in [0.05, 0.1) is 0 Å². The summed E-state index contributed by atoms with van der Waals surface area (Å²) in [5, 5.41) is 5.90. The van der Waals surface area contributed by atoms with Gasteiger partial charge < -0.3 is 15.4 Å². The molecule has 18 heavy (non-hydrogen) atoms. The zero-order valence-electron chi connectivity index (χ0n) is 11.5. The lowest BCUT2D eigenvalue weighted by Gasteiger charge is -2.13. The van der Waals surface area contributed by atoms with Crippen molar-refractivity contribution < 1.29 is 9.53 Å². The molecule has 1 aromatic rings. The third-order valence-corrected chi connectivity index (χ3v) is 2.57. The van der Waals surface area contributed by atoms with Crippen molar-refractivity contribution in [3.05, 3.63) is 29.8 Å². The standard InChI is InChI=1S/C14H22N2O2/c1-10(2)16-9-12-5-7-13(8-6-12)18-11(3)14(17)15-4/h5-8,10-11,16H,9H2,1-4H3,(H,15,17). The minimum Gasteiger partial charge on any atom is -0.481 e. The molecule has 0 fully saturated rings. The minimum absolute atomic E-state index is 0.124. The number of rotatable bonds is 6. The fourth-order valence-electron chi connectivity index (χ4n) is 1.47. The molecule has 1 atom stereocenters. The van der Waals surface area contributed by atoms with E-state index < -0.39 is 6.10 Å². The van der Waals surface area contributed by atoms with E-state index in [9.17, 15) is 4.79 Å². The average molecular weight is 250 g/mol. The molecule has 0 spiro atoms. The van der Waals surface area contributed by atoms with Gasteiger partial charge in [0, 0.05) is 19.6 Å². The van der Waals surface area contributed by atoms with Crippen LogP contribution < -0.4 is 15.4 Å². The lowest BCUT2D eigenvalue weighted by atomic mass is 10.2. The fourth-order valence-corrected chi connectivity index (χ4v) is 1.47. The number of carbonyl (C=O) groups excluding carboxylic acids is 1. The summed E-state index contributed by atoms with van der Waals surface area (Å²) in [4.78, 5) is 11.3. The van der Waals surface area contributed by atoms with Gasteiger partial charge in [-0.2, -0.15) is 0 Å². The summed E-state index contributed by atoms with van der Waals surface area (Å²) in [5.41, 5.74) is 1.20. The van der Waals surface area contributed by atoms with Crippen LogP contribution in [0.3, 0.4) is 0 Å². The number of carbonyl (C=O) groups is 1. The maximum Gasteiger partial charge on any atom is 0.260 e. The molecular weight excluding hydrogens is 228 g/mol. The average Bonchev–Trinajstić information content (AvgIpc) is 2.36. The van der Waals surface area contributed by atoms with Crippen molar-refractivity contribution in [3.63, 3.8) is 0 Å². The maximum atomic E-state index is 11.3. The summed E-state index contributed by atoms with van der Waals surface area (Å²) in [6.45, 7) is 6.79. The van der Waals surface area contributed by atoms with Crippen molar-refractivity contribution in [2.24, 2.45) is 0 Å². The van der Waals surface area contributed by atoms with Gasteiger partial charge in [-0.15, -0.1) is 0 Å². The van der Waals surface area contributed by atoms with Crippen LogP contribution >= 0.6 is 0 Å². The van der Waals surface area contributed by atoms with E-state index in [1.165, 1.54) is 5.56 Å². The Morgan fingerprint density at radius 1 is 1.22 bits per heavy atom. The van der Waals surface area contributed by atoms with Crippen LogP contribution in [0.2, 0.25) is 0 Å². The first-order valence-electron chi connectivity index (χ1n) is 6.23. The first kappa shape index (κ1) is 14.5. The molecule has 0 radical (unpaired) electrons. The van der Waals surface area contributed by atoms with E-state index in [4.69, 9.17) is 4.74 Å². The monoisotopic (exact) mass is 250 g/mol. The fraction of sp³-hybridized carbons (Fsp3) is 0.500. The van der Waals surface area contributed by atoms with E-state index in [2.05, 4.69) is 24.5 Å². The van der Waals surface area contributed by atoms with Crippen LogP contribution in [0.4, 0.5) is 0 Å². The third-order valence-electron chi connectivity index (χ3n) is 2.57. The van der Waals surface area contributed by atoms with Gasteiger partial charge in [-0.25, -0.2) is 0 Å². The van der Waals surface area contributed by atoms with Gasteiger partial charge in [0.2, 0.25) is 0 Å². The van der Waals surface area contributed by atoms with Crippen molar-refractivity contribution in [1.29, 1.82) is 0 Å². The number of amides is 1. The molecule has 1 rings (SSSR count). The molecule has 1 aromatic carbocycles. The summed E-state index contributed by atoms with van der Waals surface area (Å²) in [7, 11) is 1.60. The van der Waals surface area contributed by atoms with E-state index in [1.54, 1.807) is 14.0 Å². The molecule has 4 nitrogen and oxygen atoms in total. The topological polar surface area (TPSA) is 50.4 Å². The normalized spacial score (nSPS) is 12.3. The van der Waals surface area contributed by atoms with Crippen LogP contribution in [0.15, 0.2) is 24.3 Å². The van der Waals surface area contributed by atoms with Crippen LogP contribution in [0, 0.1) is 0 Å². The molecule has 4 heteroatoms. The van der Waals surface area contributed by atoms with E-state index in [1.807, 2.05) is 24.3 Å². The number of ether oxygens (including phenoxy) is 1. The van der Waals surface area contributed by atoms with Crippen LogP contribution in [0.25, 0.3) is 0 Å². The van der Waals surface area contributed by atoms with Gasteiger partial charge in [-0.3, -0.25) is 4.79 Å². The van der Waals surface area contributed by atoms with Crippen LogP contribution in [-0.2, 0) is 11.3 Å². The summed E-state index contributed by atoms with van der Waals surface area (Å²) in [6.07, 6.45) is -0.477. The first-order chi connectivity index (χ1) is 8.52. The Balaban J connectivity index is 2.52. The molecule has 1 amide bonds. The maximum absolute atomic E-state index is 11.3. The lowest BCUT2D eigenvalue weighted by molar-refractivity contribution is -0.126. The summed E-state index contributed by atoms with van der Waals surface area (Å²) in [5.74, 6) is 0.583. The first-order valence-corrected chi connectivity index (χ1v) is 6.23. The van der Waals surface area contributed by atoms with Crippen molar-refractivity contribution >= 4 is 5.91 Å². The van der Waals surface area contributed by atoms with Gasteiger partial charge in [0.15, 0.2) is 6.10 Å². The second kappa shape index (κ2) is 7.01. The van der Waals surface area contributed by atoms with E-state index in [0.29, 0.717) is 11.8 Å². The predicted octanol–water partition coefficient (Wildman–Crippen LogP) is 1.70. The Hall–Kier alpha value is -1.55. The SMILES string of the molecule is CNC(=O)C(C)Oc1ccc(CNC(C)C)cc1. The molecular formula is C14H22N2O2. The Bertz CT molecular complexity index is 374. The molecule has 0 bridgehead atoms. The van der Waals surface area contributed by atoms with E-state index in [-0.39, 0.29) is 5.91 Å². The highest BCUT2D eigenvalue weighted by molar-refractivity contribution is 5.80. The molecule has 0 heterocycles. The minimum atomic E-state index is -0.477. The number of hydrogen-bond acceptors (Lipinski definition) is 3. The second-order valence-electron chi connectivity index (χ2n) is 4.55. The van der Waals surface area contributed by atoms with Gasteiger partial charge in [-0.1, -0.05) is 26.0 Å². The zero-order valence-corrected chi connectivity index (χ0v) is 11.5. The molecule has 1 unspecified atom stereocenters. The van der Waals surface area contributed by atoms with Gasteiger partial charge in [0.1, 0.15) is 5.75 Å². The largest absolute Gasteiger partial charge is 0.481 e. The third kappa shape index (κ3) is 4.75. The zero-order chi connectivity index (χ0) is 13.5. The number of nitrogens with one attached hydrogen (secondary N) is 2. The van der Waals surface area contributed by atoms with Gasteiger partial charge in [-0.05, 0) is 24.6 Å². The van der Waals surface area contributed by atoms with Crippen molar-refractivity contribution in [2.45, 2.75) is 39.5 Å². The smallest absolute Gasteiger partial charge is 0.260 e. The van der Waals surface area contributed by atoms with Crippen molar-refractivity contribution in [1.82, 2.24) is 10.6 Å². The quantitative estimate of drug-likeness (QED) is 0.808. The van der Waals surface area contributed by atoms with Crippen molar-refractivity contribution in [2.75, 3.05) is 7.05 Å². The predicted molar refractivity (Wildman–Crippen MR) is 72.6 cm³/mol.